The van der Waals surface area contributed by atoms with Crippen molar-refractivity contribution >= 4 is 11.9 Å². The lowest BCUT2D eigenvalue weighted by atomic mass is 9.94. The van der Waals surface area contributed by atoms with E-state index >= 15 is 0 Å². The second kappa shape index (κ2) is 8.12. The molecular weight excluding hydrogens is 382 g/mol. The average Bonchev–Trinajstić information content (AvgIpc) is 3.11. The molecule has 2 heterocycles. The Balaban J connectivity index is 1.79. The zero-order valence-electron chi connectivity index (χ0n) is 16.6. The third-order valence-corrected chi connectivity index (χ3v) is 5.56. The first-order chi connectivity index (χ1) is 14.5. The Bertz CT molecular complexity index is 1060. The van der Waals surface area contributed by atoms with E-state index in [2.05, 4.69) is 0 Å². The van der Waals surface area contributed by atoms with Crippen molar-refractivity contribution in [3.8, 4) is 16.9 Å². The van der Waals surface area contributed by atoms with Crippen LogP contribution in [0.3, 0.4) is 0 Å². The Morgan fingerprint density at radius 3 is 2.30 bits per heavy atom. The number of carbonyl (C=O) groups excluding carboxylic acids is 1. The van der Waals surface area contributed by atoms with Gasteiger partial charge in [0.05, 0.1) is 23.0 Å². The number of hydrogen-bond donors (Lipinski definition) is 2. The highest BCUT2D eigenvalue weighted by molar-refractivity contribution is 6.01. The predicted octanol–water partition coefficient (Wildman–Crippen LogP) is 2.76. The van der Waals surface area contributed by atoms with Gasteiger partial charge in [-0.15, -0.1) is 0 Å². The van der Waals surface area contributed by atoms with E-state index in [9.17, 15) is 19.8 Å². The fraction of sp³-hybridized carbons (Fsp3) is 0.261. The summed E-state index contributed by atoms with van der Waals surface area (Å²) in [7, 11) is 0. The van der Waals surface area contributed by atoms with Gasteiger partial charge in [0.25, 0.3) is 5.91 Å². The number of likely N-dealkylation sites (tertiary alicyclic amines) is 1. The van der Waals surface area contributed by atoms with Gasteiger partial charge in [0.1, 0.15) is 11.6 Å². The molecule has 1 fully saturated rings. The van der Waals surface area contributed by atoms with Gasteiger partial charge in [0.2, 0.25) is 0 Å². The van der Waals surface area contributed by atoms with Crippen molar-refractivity contribution in [1.29, 1.82) is 0 Å². The smallest absolute Gasteiger partial charge is 0.310 e. The average molecular weight is 405 g/mol. The molecule has 1 aromatic heterocycles. The van der Waals surface area contributed by atoms with E-state index in [1.165, 1.54) is 4.90 Å². The third kappa shape index (κ3) is 3.59. The molecule has 7 heteroatoms. The number of aliphatic hydroxyl groups is 1. The summed E-state index contributed by atoms with van der Waals surface area (Å²) in [6, 6.07) is 19.0. The van der Waals surface area contributed by atoms with Crippen molar-refractivity contribution in [3.63, 3.8) is 0 Å². The SMILES string of the molecule is Cc1c(C(=O)N2CC[C@@H](O)[C@H](C(=O)O)C2)c(-c2ccccc2)nn1-c1ccccc1. The molecule has 2 aromatic carbocycles. The number of amides is 1. The van der Waals surface area contributed by atoms with Crippen molar-refractivity contribution in [2.45, 2.75) is 19.4 Å². The number of aliphatic hydroxyl groups excluding tert-OH is 1. The molecule has 0 unspecified atom stereocenters. The Hall–Kier alpha value is -3.45. The molecule has 2 atom stereocenters. The first-order valence-electron chi connectivity index (χ1n) is 9.88. The van der Waals surface area contributed by atoms with Gasteiger partial charge in [-0.2, -0.15) is 5.10 Å². The maximum atomic E-state index is 13.5. The maximum Gasteiger partial charge on any atom is 0.310 e. The molecule has 2 N–H and O–H groups in total. The minimum Gasteiger partial charge on any atom is -0.481 e. The maximum absolute atomic E-state index is 13.5. The number of nitrogens with zero attached hydrogens (tertiary/aromatic N) is 3. The first kappa shape index (κ1) is 19.8. The van der Waals surface area contributed by atoms with Crippen molar-refractivity contribution in [2.75, 3.05) is 13.1 Å². The molecule has 3 aromatic rings. The van der Waals surface area contributed by atoms with Gasteiger partial charge in [-0.25, -0.2) is 4.68 Å². The van der Waals surface area contributed by atoms with Crippen LogP contribution < -0.4 is 0 Å². The Morgan fingerprint density at radius 2 is 1.67 bits per heavy atom. The van der Waals surface area contributed by atoms with Crippen LogP contribution in [0.25, 0.3) is 16.9 Å². The summed E-state index contributed by atoms with van der Waals surface area (Å²) in [6.07, 6.45) is -0.719. The summed E-state index contributed by atoms with van der Waals surface area (Å²) < 4.78 is 1.74. The zero-order chi connectivity index (χ0) is 21.3. The van der Waals surface area contributed by atoms with E-state index in [1.807, 2.05) is 67.6 Å². The van der Waals surface area contributed by atoms with Crippen LogP contribution in [0.4, 0.5) is 0 Å². The molecule has 1 amide bonds. The Kier molecular flexibility index (Phi) is 5.37. The summed E-state index contributed by atoms with van der Waals surface area (Å²) in [4.78, 5) is 26.5. The number of carboxylic acid groups (broad SMARTS) is 1. The molecule has 1 saturated heterocycles. The van der Waals surface area contributed by atoms with E-state index in [0.29, 0.717) is 23.5 Å². The molecule has 1 aliphatic rings. The number of rotatable bonds is 4. The zero-order valence-corrected chi connectivity index (χ0v) is 16.6. The van der Waals surface area contributed by atoms with E-state index in [-0.39, 0.29) is 18.9 Å². The summed E-state index contributed by atoms with van der Waals surface area (Å²) in [5.41, 5.74) is 3.34. The second-order valence-corrected chi connectivity index (χ2v) is 7.47. The van der Waals surface area contributed by atoms with Gasteiger partial charge in [0, 0.05) is 18.7 Å². The fourth-order valence-electron chi connectivity index (χ4n) is 3.90. The monoisotopic (exact) mass is 405 g/mol. The predicted molar refractivity (Wildman–Crippen MR) is 111 cm³/mol. The number of carboxylic acids is 1. The van der Waals surface area contributed by atoms with Crippen LogP contribution in [-0.4, -0.2) is 56.0 Å². The van der Waals surface area contributed by atoms with Gasteiger partial charge in [0.15, 0.2) is 0 Å². The number of benzene rings is 2. The lowest BCUT2D eigenvalue weighted by Gasteiger charge is -2.34. The number of piperidine rings is 1. The summed E-state index contributed by atoms with van der Waals surface area (Å²) in [6.45, 7) is 2.11. The van der Waals surface area contributed by atoms with Crippen molar-refractivity contribution in [1.82, 2.24) is 14.7 Å². The van der Waals surface area contributed by atoms with Crippen LogP contribution in [0.1, 0.15) is 22.5 Å². The van der Waals surface area contributed by atoms with Gasteiger partial charge >= 0.3 is 5.97 Å². The lowest BCUT2D eigenvalue weighted by molar-refractivity contribution is -0.148. The van der Waals surface area contributed by atoms with Gasteiger partial charge in [-0.3, -0.25) is 9.59 Å². The molecule has 1 aliphatic heterocycles. The molecule has 4 rings (SSSR count). The van der Waals surface area contributed by atoms with Crippen molar-refractivity contribution < 1.29 is 19.8 Å². The minimum absolute atomic E-state index is 0.0283. The highest BCUT2D eigenvalue weighted by atomic mass is 16.4. The van der Waals surface area contributed by atoms with Crippen LogP contribution in [-0.2, 0) is 4.79 Å². The largest absolute Gasteiger partial charge is 0.481 e. The Labute approximate surface area is 174 Å². The van der Waals surface area contributed by atoms with E-state index < -0.39 is 18.0 Å². The number of aromatic nitrogens is 2. The van der Waals surface area contributed by atoms with Gasteiger partial charge in [-0.05, 0) is 25.5 Å². The normalized spacial score (nSPS) is 18.9. The minimum atomic E-state index is -1.10. The van der Waals surface area contributed by atoms with Crippen LogP contribution in [0.15, 0.2) is 60.7 Å². The van der Waals surface area contributed by atoms with Crippen molar-refractivity contribution in [3.05, 3.63) is 71.9 Å². The lowest BCUT2D eigenvalue weighted by Crippen LogP contribution is -2.48. The van der Waals surface area contributed by atoms with Crippen LogP contribution in [0, 0.1) is 12.8 Å². The van der Waals surface area contributed by atoms with E-state index in [4.69, 9.17) is 5.10 Å². The highest BCUT2D eigenvalue weighted by Gasteiger charge is 2.37. The standard InChI is InChI=1S/C23H23N3O4/c1-15-20(22(28)25-13-12-19(27)18(14-25)23(29)30)21(16-8-4-2-5-9-16)24-26(15)17-10-6-3-7-11-17/h2-11,18-19,27H,12-14H2,1H3,(H,29,30)/t18-,19-/m1/s1. The second-order valence-electron chi connectivity index (χ2n) is 7.47. The van der Waals surface area contributed by atoms with Gasteiger partial charge in [-0.1, -0.05) is 48.5 Å². The summed E-state index contributed by atoms with van der Waals surface area (Å²) >= 11 is 0. The first-order valence-corrected chi connectivity index (χ1v) is 9.88. The third-order valence-electron chi connectivity index (χ3n) is 5.56. The number of para-hydroxylation sites is 1. The van der Waals surface area contributed by atoms with Gasteiger partial charge < -0.3 is 15.1 Å². The summed E-state index contributed by atoms with van der Waals surface area (Å²) in [5, 5.41) is 24.2. The molecule has 0 spiro atoms. The molecule has 7 nitrogen and oxygen atoms in total. The van der Waals surface area contributed by atoms with Crippen LogP contribution in [0.5, 0.6) is 0 Å². The van der Waals surface area contributed by atoms with Crippen molar-refractivity contribution in [2.24, 2.45) is 5.92 Å². The topological polar surface area (TPSA) is 95.7 Å². The molecular formula is C23H23N3O4. The van der Waals surface area contributed by atoms with E-state index in [0.717, 1.165) is 11.3 Å². The van der Waals surface area contributed by atoms with Crippen LogP contribution in [0.2, 0.25) is 0 Å². The number of carbonyl (C=O) groups is 2. The number of aliphatic carboxylic acids is 1. The molecule has 0 aliphatic carbocycles. The molecule has 0 bridgehead atoms. The quantitative estimate of drug-likeness (QED) is 0.696. The highest BCUT2D eigenvalue weighted by Crippen LogP contribution is 2.30. The molecule has 30 heavy (non-hydrogen) atoms. The Morgan fingerprint density at radius 1 is 1.03 bits per heavy atom. The van der Waals surface area contributed by atoms with Crippen LogP contribution >= 0.6 is 0 Å². The fourth-order valence-corrected chi connectivity index (χ4v) is 3.90. The number of hydrogen-bond acceptors (Lipinski definition) is 4. The summed E-state index contributed by atoms with van der Waals surface area (Å²) in [5.74, 6) is -2.36. The molecule has 0 saturated carbocycles. The molecule has 154 valence electrons. The van der Waals surface area contributed by atoms with E-state index in [1.54, 1.807) is 4.68 Å². The molecule has 0 radical (unpaired) electrons.